The molecule has 5 heteroatoms. The van der Waals surface area contributed by atoms with Crippen LogP contribution in [-0.2, 0) is 0 Å². The van der Waals surface area contributed by atoms with Gasteiger partial charge in [0.2, 0.25) is 0 Å². The Labute approximate surface area is 120 Å². The molecule has 0 radical (unpaired) electrons. The summed E-state index contributed by atoms with van der Waals surface area (Å²) in [7, 11) is 0. The van der Waals surface area contributed by atoms with Gasteiger partial charge in [0.05, 0.1) is 5.69 Å². The van der Waals surface area contributed by atoms with E-state index in [9.17, 15) is 9.18 Å². The number of rotatable bonds is 3. The molecule has 1 amide bonds. The smallest absolute Gasteiger partial charge is 0.256 e. The molecule has 0 fully saturated rings. The van der Waals surface area contributed by atoms with Crippen LogP contribution in [0.5, 0.6) is 0 Å². The minimum Gasteiger partial charge on any atom is -0.305 e. The number of carbonyl (C=O) groups excluding carboxylic acids is 1. The number of anilines is 1. The van der Waals surface area contributed by atoms with Crippen molar-refractivity contribution in [3.8, 4) is 11.3 Å². The van der Waals surface area contributed by atoms with E-state index >= 15 is 0 Å². The monoisotopic (exact) mass is 281 g/mol. The van der Waals surface area contributed by atoms with Gasteiger partial charge in [-0.25, -0.2) is 4.39 Å². The number of amides is 1. The molecule has 0 saturated heterocycles. The summed E-state index contributed by atoms with van der Waals surface area (Å²) in [6.07, 6.45) is 0. The van der Waals surface area contributed by atoms with Gasteiger partial charge in [0, 0.05) is 11.6 Å². The molecular formula is C16H12FN3O. The van der Waals surface area contributed by atoms with Crippen molar-refractivity contribution in [3.63, 3.8) is 0 Å². The van der Waals surface area contributed by atoms with Crippen LogP contribution in [0, 0.1) is 5.82 Å². The lowest BCUT2D eigenvalue weighted by Crippen LogP contribution is -2.12. The molecule has 0 bridgehead atoms. The van der Waals surface area contributed by atoms with Crippen molar-refractivity contribution in [2.45, 2.75) is 0 Å². The van der Waals surface area contributed by atoms with Crippen LogP contribution in [0.3, 0.4) is 0 Å². The number of aromatic nitrogens is 2. The summed E-state index contributed by atoms with van der Waals surface area (Å²) >= 11 is 0. The van der Waals surface area contributed by atoms with Crippen LogP contribution < -0.4 is 5.32 Å². The number of aromatic amines is 1. The van der Waals surface area contributed by atoms with Crippen molar-refractivity contribution in [2.75, 3.05) is 5.32 Å². The summed E-state index contributed by atoms with van der Waals surface area (Å²) in [4.78, 5) is 12.0. The van der Waals surface area contributed by atoms with Gasteiger partial charge >= 0.3 is 0 Å². The number of hydrogen-bond acceptors (Lipinski definition) is 2. The lowest BCUT2D eigenvalue weighted by atomic mass is 10.1. The molecule has 0 spiro atoms. The Hall–Kier alpha value is -2.95. The average Bonchev–Trinajstić information content (AvgIpc) is 2.97. The van der Waals surface area contributed by atoms with Gasteiger partial charge in [0.15, 0.2) is 5.82 Å². The normalized spacial score (nSPS) is 10.3. The second-order valence-electron chi connectivity index (χ2n) is 4.49. The van der Waals surface area contributed by atoms with Gasteiger partial charge < -0.3 is 5.32 Å². The summed E-state index contributed by atoms with van der Waals surface area (Å²) < 4.78 is 12.8. The van der Waals surface area contributed by atoms with E-state index in [-0.39, 0.29) is 11.7 Å². The van der Waals surface area contributed by atoms with E-state index in [2.05, 4.69) is 15.5 Å². The molecule has 0 aliphatic carbocycles. The second kappa shape index (κ2) is 5.58. The summed E-state index contributed by atoms with van der Waals surface area (Å²) in [6.45, 7) is 0. The minimum atomic E-state index is -0.377. The van der Waals surface area contributed by atoms with Crippen LogP contribution in [0.4, 0.5) is 10.2 Å². The maximum atomic E-state index is 12.8. The zero-order valence-electron chi connectivity index (χ0n) is 11.0. The quantitative estimate of drug-likeness (QED) is 0.772. The average molecular weight is 281 g/mol. The first-order valence-corrected chi connectivity index (χ1v) is 6.40. The highest BCUT2D eigenvalue weighted by atomic mass is 19.1. The Morgan fingerprint density at radius 3 is 2.48 bits per heavy atom. The van der Waals surface area contributed by atoms with E-state index in [1.807, 2.05) is 30.3 Å². The van der Waals surface area contributed by atoms with Gasteiger partial charge in [0.1, 0.15) is 5.82 Å². The van der Waals surface area contributed by atoms with E-state index in [4.69, 9.17) is 0 Å². The molecule has 4 nitrogen and oxygen atoms in total. The first kappa shape index (κ1) is 13.1. The molecule has 0 saturated carbocycles. The predicted octanol–water partition coefficient (Wildman–Crippen LogP) is 3.47. The highest BCUT2D eigenvalue weighted by Crippen LogP contribution is 2.19. The Balaban J connectivity index is 1.75. The van der Waals surface area contributed by atoms with Crippen LogP contribution in [0.1, 0.15) is 10.4 Å². The molecule has 0 aliphatic heterocycles. The third-order valence-electron chi connectivity index (χ3n) is 3.01. The number of nitrogens with one attached hydrogen (secondary N) is 2. The number of hydrogen-bond donors (Lipinski definition) is 2. The Morgan fingerprint density at radius 1 is 1.05 bits per heavy atom. The van der Waals surface area contributed by atoms with E-state index in [1.54, 1.807) is 6.07 Å². The lowest BCUT2D eigenvalue weighted by Gasteiger charge is -2.01. The molecular weight excluding hydrogens is 269 g/mol. The van der Waals surface area contributed by atoms with E-state index in [0.717, 1.165) is 11.3 Å². The molecule has 3 aromatic rings. The SMILES string of the molecule is O=C(Nc1cc(-c2ccccc2)[nH]n1)c1ccc(F)cc1. The lowest BCUT2D eigenvalue weighted by molar-refractivity contribution is 0.102. The van der Waals surface area contributed by atoms with Crippen molar-refractivity contribution in [2.24, 2.45) is 0 Å². The molecule has 1 heterocycles. The molecule has 0 unspecified atom stereocenters. The van der Waals surface area contributed by atoms with Crippen molar-refractivity contribution in [1.29, 1.82) is 0 Å². The predicted molar refractivity (Wildman–Crippen MR) is 78.4 cm³/mol. The third-order valence-corrected chi connectivity index (χ3v) is 3.01. The van der Waals surface area contributed by atoms with Crippen molar-refractivity contribution in [3.05, 3.63) is 72.0 Å². The van der Waals surface area contributed by atoms with Crippen LogP contribution in [-0.4, -0.2) is 16.1 Å². The summed E-state index contributed by atoms with van der Waals surface area (Å²) in [5.41, 5.74) is 2.16. The van der Waals surface area contributed by atoms with Crippen molar-refractivity contribution in [1.82, 2.24) is 10.2 Å². The zero-order valence-corrected chi connectivity index (χ0v) is 11.0. The number of H-pyrrole nitrogens is 1. The summed E-state index contributed by atoms with van der Waals surface area (Å²) in [5, 5.41) is 9.57. The minimum absolute atomic E-state index is 0.332. The summed E-state index contributed by atoms with van der Waals surface area (Å²) in [6, 6.07) is 16.8. The fraction of sp³-hybridized carbons (Fsp3) is 0. The van der Waals surface area contributed by atoms with Crippen molar-refractivity contribution < 1.29 is 9.18 Å². The molecule has 3 rings (SSSR count). The Kier molecular flexibility index (Phi) is 3.47. The highest BCUT2D eigenvalue weighted by molar-refractivity contribution is 6.03. The first-order chi connectivity index (χ1) is 10.2. The maximum Gasteiger partial charge on any atom is 0.256 e. The van der Waals surface area contributed by atoms with Crippen LogP contribution in [0.15, 0.2) is 60.7 Å². The number of carbonyl (C=O) groups is 1. The molecule has 21 heavy (non-hydrogen) atoms. The number of halogens is 1. The molecule has 1 aromatic heterocycles. The summed E-state index contributed by atoms with van der Waals surface area (Å²) in [5.74, 6) is -0.290. The maximum absolute atomic E-state index is 12.8. The fourth-order valence-corrected chi connectivity index (χ4v) is 1.94. The topological polar surface area (TPSA) is 57.8 Å². The second-order valence-corrected chi connectivity index (χ2v) is 4.49. The van der Waals surface area contributed by atoms with Gasteiger partial charge in [-0.1, -0.05) is 30.3 Å². The largest absolute Gasteiger partial charge is 0.305 e. The van der Waals surface area contributed by atoms with E-state index in [1.165, 1.54) is 24.3 Å². The van der Waals surface area contributed by atoms with Gasteiger partial charge in [0.25, 0.3) is 5.91 Å². The first-order valence-electron chi connectivity index (χ1n) is 6.40. The molecule has 0 atom stereocenters. The zero-order chi connectivity index (χ0) is 14.7. The van der Waals surface area contributed by atoms with Crippen LogP contribution in [0.25, 0.3) is 11.3 Å². The molecule has 104 valence electrons. The van der Waals surface area contributed by atoms with Crippen molar-refractivity contribution >= 4 is 11.7 Å². The number of benzene rings is 2. The molecule has 0 aliphatic rings. The van der Waals surface area contributed by atoms with Gasteiger partial charge in [-0.15, -0.1) is 0 Å². The standard InChI is InChI=1S/C16H12FN3O/c17-13-8-6-12(7-9-13)16(21)18-15-10-14(19-20-15)11-4-2-1-3-5-11/h1-10H,(H2,18,19,20,21). The molecule has 2 aromatic carbocycles. The Bertz CT molecular complexity index is 751. The highest BCUT2D eigenvalue weighted by Gasteiger charge is 2.09. The third kappa shape index (κ3) is 2.97. The van der Waals surface area contributed by atoms with Gasteiger partial charge in [-0.3, -0.25) is 9.89 Å². The fourth-order valence-electron chi connectivity index (χ4n) is 1.94. The van der Waals surface area contributed by atoms with Gasteiger partial charge in [-0.2, -0.15) is 5.10 Å². The van der Waals surface area contributed by atoms with Crippen LogP contribution >= 0.6 is 0 Å². The van der Waals surface area contributed by atoms with E-state index in [0.29, 0.717) is 11.4 Å². The Morgan fingerprint density at radius 2 is 1.76 bits per heavy atom. The van der Waals surface area contributed by atoms with Gasteiger partial charge in [-0.05, 0) is 29.8 Å². The van der Waals surface area contributed by atoms with Crippen LogP contribution in [0.2, 0.25) is 0 Å². The molecule has 2 N–H and O–H groups in total. The number of nitrogens with zero attached hydrogens (tertiary/aromatic N) is 1. The van der Waals surface area contributed by atoms with E-state index < -0.39 is 0 Å².